The zero-order chi connectivity index (χ0) is 30.9. The van der Waals surface area contributed by atoms with Gasteiger partial charge in [0.15, 0.2) is 0 Å². The maximum atomic E-state index is 14.3. The average molecular weight is 587 g/mol. The highest BCUT2D eigenvalue weighted by Crippen LogP contribution is 2.32. The summed E-state index contributed by atoms with van der Waals surface area (Å²) in [4.78, 5) is 47.1. The Labute approximate surface area is 256 Å². The normalized spacial score (nSPS) is 21.4. The summed E-state index contributed by atoms with van der Waals surface area (Å²) in [6.45, 7) is 9.25. The van der Waals surface area contributed by atoms with E-state index in [1.807, 2.05) is 80.0 Å². The molecule has 8 heteroatoms. The van der Waals surface area contributed by atoms with Crippen LogP contribution in [0.25, 0.3) is 0 Å². The number of allylic oxidation sites excluding steroid dienone is 3. The molecule has 2 aliphatic rings. The van der Waals surface area contributed by atoms with E-state index in [0.29, 0.717) is 26.1 Å². The van der Waals surface area contributed by atoms with E-state index in [1.54, 1.807) is 29.2 Å². The van der Waals surface area contributed by atoms with Crippen molar-refractivity contribution in [2.75, 3.05) is 19.6 Å². The molecule has 1 saturated heterocycles. The fraction of sp³-hybridized carbons (Fsp3) is 0.457. The fourth-order valence-corrected chi connectivity index (χ4v) is 6.19. The number of nitrogens with zero attached hydrogens (tertiary/aromatic N) is 3. The van der Waals surface area contributed by atoms with Crippen LogP contribution >= 0.6 is 0 Å². The molecule has 8 nitrogen and oxygen atoms in total. The van der Waals surface area contributed by atoms with Gasteiger partial charge in [-0.15, -0.1) is 0 Å². The lowest BCUT2D eigenvalue weighted by Gasteiger charge is -2.51. The Morgan fingerprint density at radius 3 is 2.40 bits per heavy atom. The van der Waals surface area contributed by atoms with Crippen molar-refractivity contribution in [2.24, 2.45) is 5.92 Å². The number of phenols is 1. The van der Waals surface area contributed by atoms with Crippen molar-refractivity contribution in [1.82, 2.24) is 20.0 Å². The minimum Gasteiger partial charge on any atom is -0.508 e. The number of hydrogen-bond acceptors (Lipinski definition) is 4. The summed E-state index contributed by atoms with van der Waals surface area (Å²) in [6, 6.07) is 14.8. The van der Waals surface area contributed by atoms with Gasteiger partial charge in [-0.1, -0.05) is 80.6 Å². The van der Waals surface area contributed by atoms with Crippen LogP contribution in [0.5, 0.6) is 5.75 Å². The van der Waals surface area contributed by atoms with Crippen molar-refractivity contribution in [3.63, 3.8) is 0 Å². The van der Waals surface area contributed by atoms with Crippen molar-refractivity contribution < 1.29 is 19.5 Å². The fourth-order valence-electron chi connectivity index (χ4n) is 6.19. The summed E-state index contributed by atoms with van der Waals surface area (Å²) in [7, 11) is 0. The highest BCUT2D eigenvalue weighted by molar-refractivity contribution is 5.90. The average Bonchev–Trinajstić information content (AvgIpc) is 3.04. The van der Waals surface area contributed by atoms with Crippen molar-refractivity contribution in [3.8, 4) is 5.75 Å². The second kappa shape index (κ2) is 14.9. The molecule has 5 atom stereocenters. The minimum atomic E-state index is -0.741. The van der Waals surface area contributed by atoms with Gasteiger partial charge in [-0.05, 0) is 55.9 Å². The first-order valence-corrected chi connectivity index (χ1v) is 15.6. The highest BCUT2D eigenvalue weighted by atomic mass is 16.3. The van der Waals surface area contributed by atoms with Crippen LogP contribution in [0.15, 0.2) is 78.9 Å². The van der Waals surface area contributed by atoms with E-state index >= 15 is 0 Å². The molecule has 4 amide bonds. The van der Waals surface area contributed by atoms with Crippen LogP contribution in [0.3, 0.4) is 0 Å². The van der Waals surface area contributed by atoms with Gasteiger partial charge >= 0.3 is 6.03 Å². The van der Waals surface area contributed by atoms with Crippen LogP contribution in [0.1, 0.15) is 64.1 Å². The number of benzene rings is 2. The molecule has 0 radical (unpaired) electrons. The molecule has 0 spiro atoms. The zero-order valence-corrected chi connectivity index (χ0v) is 25.9. The maximum Gasteiger partial charge on any atom is 0.317 e. The van der Waals surface area contributed by atoms with Gasteiger partial charge in [-0.2, -0.15) is 0 Å². The van der Waals surface area contributed by atoms with Crippen LogP contribution in [-0.2, 0) is 16.0 Å². The number of nitrogens with one attached hydrogen (secondary N) is 1. The lowest BCUT2D eigenvalue weighted by atomic mass is 9.91. The number of carbonyl (C=O) groups excluding carboxylic acids is 3. The smallest absolute Gasteiger partial charge is 0.317 e. The summed E-state index contributed by atoms with van der Waals surface area (Å²) in [5.41, 5.74) is 1.86. The minimum absolute atomic E-state index is 0.113. The van der Waals surface area contributed by atoms with Crippen LogP contribution in [-0.4, -0.2) is 75.4 Å². The SMILES string of the molecule is CCCN(C(=O)NCC1C=CC=CC1)C(C)[C@H]1CN([C@@H](C)c2ccccc2)C(=O)[C@H](Cc2ccc(O)cc2)N1C(=O)CC. The third-order valence-corrected chi connectivity index (χ3v) is 8.71. The largest absolute Gasteiger partial charge is 0.508 e. The lowest BCUT2D eigenvalue weighted by molar-refractivity contribution is -0.160. The van der Waals surface area contributed by atoms with Crippen LogP contribution in [0, 0.1) is 5.92 Å². The number of aromatic hydroxyl groups is 1. The summed E-state index contributed by atoms with van der Waals surface area (Å²) in [6.07, 6.45) is 10.5. The summed E-state index contributed by atoms with van der Waals surface area (Å²) in [5, 5.41) is 13.0. The molecular formula is C35H46N4O4. The zero-order valence-electron chi connectivity index (χ0n) is 25.9. The van der Waals surface area contributed by atoms with Crippen molar-refractivity contribution in [2.45, 2.75) is 77.5 Å². The molecule has 2 unspecified atom stereocenters. The molecule has 4 rings (SSSR count). The van der Waals surface area contributed by atoms with Crippen LogP contribution < -0.4 is 5.32 Å². The molecule has 0 aromatic heterocycles. The molecule has 2 aromatic rings. The number of urea groups is 1. The third-order valence-electron chi connectivity index (χ3n) is 8.71. The molecule has 1 heterocycles. The van der Waals surface area contributed by atoms with Gasteiger partial charge in [0.1, 0.15) is 11.8 Å². The molecule has 0 bridgehead atoms. The number of phenolic OH excluding ortho intramolecular Hbond substituents is 1. The van der Waals surface area contributed by atoms with Gasteiger partial charge < -0.3 is 25.1 Å². The Balaban J connectivity index is 1.69. The molecule has 43 heavy (non-hydrogen) atoms. The second-order valence-corrected chi connectivity index (χ2v) is 11.6. The van der Waals surface area contributed by atoms with E-state index in [9.17, 15) is 19.5 Å². The molecular weight excluding hydrogens is 540 g/mol. The molecule has 2 aromatic carbocycles. The van der Waals surface area contributed by atoms with Gasteiger partial charge in [0, 0.05) is 32.5 Å². The van der Waals surface area contributed by atoms with E-state index in [1.165, 1.54) is 0 Å². The Kier molecular flexibility index (Phi) is 11.0. The van der Waals surface area contributed by atoms with Crippen LogP contribution in [0.2, 0.25) is 0 Å². The topological polar surface area (TPSA) is 93.2 Å². The Morgan fingerprint density at radius 2 is 1.77 bits per heavy atom. The third kappa shape index (κ3) is 7.66. The Bertz CT molecular complexity index is 1290. The van der Waals surface area contributed by atoms with Crippen molar-refractivity contribution >= 4 is 17.8 Å². The number of carbonyl (C=O) groups is 3. The van der Waals surface area contributed by atoms with E-state index < -0.39 is 12.1 Å². The van der Waals surface area contributed by atoms with Gasteiger partial charge in [-0.25, -0.2) is 4.79 Å². The van der Waals surface area contributed by atoms with E-state index in [-0.39, 0.29) is 48.0 Å². The van der Waals surface area contributed by atoms with Gasteiger partial charge in [0.05, 0.1) is 18.1 Å². The predicted molar refractivity (Wildman–Crippen MR) is 169 cm³/mol. The molecule has 1 aliphatic carbocycles. The lowest BCUT2D eigenvalue weighted by Crippen LogP contribution is -2.69. The number of piperazine rings is 1. The maximum absolute atomic E-state index is 14.3. The standard InChI is InChI=1S/C35H46N4O4/c1-5-21-37(35(43)36-23-28-13-9-7-10-14-28)26(4)32-24-38(25(3)29-15-11-8-12-16-29)34(42)31(39(32)33(41)6-2)22-27-17-19-30(40)20-18-27/h7-13,15-20,25-26,28,31-32,40H,5-6,14,21-24H2,1-4H3,(H,36,43)/t25-,26?,28?,31-,32+/m0/s1. The van der Waals surface area contributed by atoms with E-state index in [2.05, 4.69) is 17.5 Å². The predicted octanol–water partition coefficient (Wildman–Crippen LogP) is 5.46. The van der Waals surface area contributed by atoms with E-state index in [0.717, 1.165) is 24.0 Å². The van der Waals surface area contributed by atoms with Gasteiger partial charge in [0.25, 0.3) is 0 Å². The molecule has 2 N–H and O–H groups in total. The van der Waals surface area contributed by atoms with Crippen molar-refractivity contribution in [3.05, 3.63) is 90.0 Å². The quantitative estimate of drug-likeness (QED) is 0.366. The number of amides is 4. The van der Waals surface area contributed by atoms with Gasteiger partial charge in [0.2, 0.25) is 11.8 Å². The first-order valence-electron chi connectivity index (χ1n) is 15.6. The highest BCUT2D eigenvalue weighted by Gasteiger charge is 2.47. The second-order valence-electron chi connectivity index (χ2n) is 11.6. The first-order chi connectivity index (χ1) is 20.7. The van der Waals surface area contributed by atoms with Gasteiger partial charge in [-0.3, -0.25) is 9.59 Å². The summed E-state index contributed by atoms with van der Waals surface area (Å²) in [5.74, 6) is 0.164. The number of rotatable bonds is 11. The summed E-state index contributed by atoms with van der Waals surface area (Å²) >= 11 is 0. The summed E-state index contributed by atoms with van der Waals surface area (Å²) < 4.78 is 0. The Morgan fingerprint density at radius 1 is 1.05 bits per heavy atom. The number of hydrogen-bond donors (Lipinski definition) is 2. The molecule has 1 fully saturated rings. The molecule has 1 aliphatic heterocycles. The Hall–Kier alpha value is -4.07. The molecule has 0 saturated carbocycles. The molecule has 230 valence electrons. The monoisotopic (exact) mass is 586 g/mol. The first kappa shape index (κ1) is 31.9. The van der Waals surface area contributed by atoms with E-state index in [4.69, 9.17) is 0 Å². The van der Waals surface area contributed by atoms with Crippen molar-refractivity contribution in [1.29, 1.82) is 0 Å². The van der Waals surface area contributed by atoms with Crippen LogP contribution in [0.4, 0.5) is 4.79 Å².